The number of imidazole rings is 1. The first-order valence-corrected chi connectivity index (χ1v) is 10.2. The largest absolute Gasteiger partial charge is 0.341 e. The van der Waals surface area contributed by atoms with Crippen LogP contribution in [0.2, 0.25) is 5.02 Å². The van der Waals surface area contributed by atoms with Crippen LogP contribution in [-0.4, -0.2) is 39.6 Å². The third-order valence-corrected chi connectivity index (χ3v) is 6.18. The first-order chi connectivity index (χ1) is 13.6. The van der Waals surface area contributed by atoms with Gasteiger partial charge in [-0.3, -0.25) is 9.69 Å². The molecular formula is C21H26Cl3N5O. The molecule has 1 fully saturated rings. The standard InChI is InChI=1S/C21H24ClN5O.2ClH/c1-26(12-20-24-17-4-3-16(22)7-18(17)25-20)11-14-2-5-19-15-6-13(8-23-9-15)10-27(19)21(14)28;;/h2-5,7,13,15,23H,6,8-12H2,1H3,(H,24,25);2*1H/t13-,15+;;/m0../s1. The van der Waals surface area contributed by atoms with E-state index in [-0.39, 0.29) is 30.4 Å². The van der Waals surface area contributed by atoms with Crippen molar-refractivity contribution >= 4 is 47.4 Å². The molecule has 2 bridgehead atoms. The molecule has 30 heavy (non-hydrogen) atoms. The van der Waals surface area contributed by atoms with Crippen LogP contribution in [0.25, 0.3) is 11.0 Å². The van der Waals surface area contributed by atoms with Gasteiger partial charge in [-0.2, -0.15) is 0 Å². The van der Waals surface area contributed by atoms with E-state index in [1.165, 1.54) is 12.1 Å². The molecule has 2 N–H and O–H groups in total. The molecule has 9 heteroatoms. The average molecular weight is 471 g/mol. The minimum absolute atomic E-state index is 0. The maximum Gasteiger partial charge on any atom is 0.255 e. The Balaban J connectivity index is 0.00000128. The zero-order valence-electron chi connectivity index (χ0n) is 16.7. The second kappa shape index (κ2) is 9.28. The molecular weight excluding hydrogens is 445 g/mol. The second-order valence-electron chi connectivity index (χ2n) is 8.17. The summed E-state index contributed by atoms with van der Waals surface area (Å²) in [5.74, 6) is 1.91. The molecule has 0 spiro atoms. The molecule has 2 aliphatic heterocycles. The number of nitrogens with one attached hydrogen (secondary N) is 2. The summed E-state index contributed by atoms with van der Waals surface area (Å²) in [5, 5.41) is 4.19. The van der Waals surface area contributed by atoms with Gasteiger partial charge in [-0.15, -0.1) is 24.8 Å². The molecule has 0 aliphatic carbocycles. The van der Waals surface area contributed by atoms with Crippen molar-refractivity contribution in [3.63, 3.8) is 0 Å². The third kappa shape index (κ3) is 4.39. The fourth-order valence-corrected chi connectivity index (χ4v) is 4.84. The predicted molar refractivity (Wildman–Crippen MR) is 125 cm³/mol. The quantitative estimate of drug-likeness (QED) is 0.612. The van der Waals surface area contributed by atoms with Crippen LogP contribution in [0.3, 0.4) is 0 Å². The van der Waals surface area contributed by atoms with Gasteiger partial charge < -0.3 is 14.9 Å². The molecule has 2 atom stereocenters. The molecule has 5 rings (SSSR count). The van der Waals surface area contributed by atoms with Crippen molar-refractivity contribution in [2.75, 3.05) is 20.1 Å². The number of rotatable bonds is 4. The lowest BCUT2D eigenvalue weighted by Crippen LogP contribution is -2.45. The summed E-state index contributed by atoms with van der Waals surface area (Å²) < 4.78 is 2.02. The summed E-state index contributed by atoms with van der Waals surface area (Å²) in [6, 6.07) is 9.81. The van der Waals surface area contributed by atoms with Crippen molar-refractivity contribution in [2.45, 2.75) is 32.0 Å². The van der Waals surface area contributed by atoms with Gasteiger partial charge in [0.25, 0.3) is 5.56 Å². The van der Waals surface area contributed by atoms with Gasteiger partial charge in [-0.05, 0) is 50.2 Å². The molecule has 0 unspecified atom stereocenters. The normalized spacial score (nSPS) is 19.8. The number of benzene rings is 1. The van der Waals surface area contributed by atoms with E-state index in [1.54, 1.807) is 0 Å². The van der Waals surface area contributed by atoms with Crippen LogP contribution in [0.4, 0.5) is 0 Å². The van der Waals surface area contributed by atoms with E-state index in [0.29, 0.717) is 29.9 Å². The topological polar surface area (TPSA) is 66.0 Å². The average Bonchev–Trinajstić information content (AvgIpc) is 3.06. The fraction of sp³-hybridized carbons (Fsp3) is 0.429. The number of aromatic amines is 1. The van der Waals surface area contributed by atoms with Crippen LogP contribution in [0.15, 0.2) is 35.1 Å². The first-order valence-electron chi connectivity index (χ1n) is 9.83. The van der Waals surface area contributed by atoms with Crippen molar-refractivity contribution in [1.29, 1.82) is 0 Å². The van der Waals surface area contributed by atoms with E-state index in [1.807, 2.05) is 35.9 Å². The Kier molecular flexibility index (Phi) is 7.15. The molecule has 2 aromatic heterocycles. The number of pyridine rings is 1. The summed E-state index contributed by atoms with van der Waals surface area (Å²) >= 11 is 6.05. The minimum Gasteiger partial charge on any atom is -0.341 e. The van der Waals surface area contributed by atoms with Crippen molar-refractivity contribution in [2.24, 2.45) is 5.92 Å². The monoisotopic (exact) mass is 469 g/mol. The van der Waals surface area contributed by atoms with E-state index >= 15 is 0 Å². The lowest BCUT2D eigenvalue weighted by atomic mass is 9.84. The maximum atomic E-state index is 13.1. The lowest BCUT2D eigenvalue weighted by Gasteiger charge is -2.37. The van der Waals surface area contributed by atoms with Gasteiger partial charge in [0.05, 0.1) is 17.6 Å². The summed E-state index contributed by atoms with van der Waals surface area (Å²) in [6.07, 6.45) is 1.20. The molecule has 162 valence electrons. The molecule has 1 aromatic carbocycles. The molecule has 1 saturated heterocycles. The Bertz CT molecular complexity index is 1100. The highest BCUT2D eigenvalue weighted by Gasteiger charge is 2.31. The number of halogens is 3. The van der Waals surface area contributed by atoms with Crippen molar-refractivity contribution in [3.8, 4) is 0 Å². The zero-order valence-corrected chi connectivity index (χ0v) is 19.1. The summed E-state index contributed by atoms with van der Waals surface area (Å²) in [7, 11) is 2.02. The highest BCUT2D eigenvalue weighted by molar-refractivity contribution is 6.31. The van der Waals surface area contributed by atoms with Gasteiger partial charge in [0.1, 0.15) is 5.82 Å². The zero-order chi connectivity index (χ0) is 19.3. The first kappa shape index (κ1) is 23.1. The molecule has 0 radical (unpaired) electrons. The van der Waals surface area contributed by atoms with E-state index in [0.717, 1.165) is 42.1 Å². The number of piperidine rings is 1. The number of H-pyrrole nitrogens is 1. The molecule has 6 nitrogen and oxygen atoms in total. The highest BCUT2D eigenvalue weighted by atomic mass is 35.5. The molecule has 0 amide bonds. The van der Waals surface area contributed by atoms with Gasteiger partial charge in [0, 0.05) is 41.8 Å². The Morgan fingerprint density at radius 3 is 2.87 bits per heavy atom. The summed E-state index contributed by atoms with van der Waals surface area (Å²) in [6.45, 7) is 4.07. The third-order valence-electron chi connectivity index (χ3n) is 5.94. The Morgan fingerprint density at radius 2 is 2.03 bits per heavy atom. The maximum absolute atomic E-state index is 13.1. The molecule has 4 heterocycles. The Hall–Kier alpha value is -1.57. The van der Waals surface area contributed by atoms with Crippen molar-refractivity contribution < 1.29 is 0 Å². The van der Waals surface area contributed by atoms with Gasteiger partial charge in [0.2, 0.25) is 0 Å². The van der Waals surface area contributed by atoms with Gasteiger partial charge in [-0.1, -0.05) is 17.7 Å². The highest BCUT2D eigenvalue weighted by Crippen LogP contribution is 2.31. The second-order valence-corrected chi connectivity index (χ2v) is 8.61. The number of fused-ring (bicyclic) bond motifs is 5. The van der Waals surface area contributed by atoms with Gasteiger partial charge >= 0.3 is 0 Å². The van der Waals surface area contributed by atoms with Crippen LogP contribution in [0, 0.1) is 5.92 Å². The van der Waals surface area contributed by atoms with Crippen LogP contribution in [-0.2, 0) is 19.6 Å². The smallest absolute Gasteiger partial charge is 0.255 e. The van der Waals surface area contributed by atoms with Gasteiger partial charge in [-0.25, -0.2) is 4.98 Å². The summed E-state index contributed by atoms with van der Waals surface area (Å²) in [4.78, 5) is 23.1. The number of nitrogens with zero attached hydrogens (tertiary/aromatic N) is 3. The number of hydrogen-bond acceptors (Lipinski definition) is 4. The lowest BCUT2D eigenvalue weighted by molar-refractivity contribution is 0.254. The molecule has 2 aliphatic rings. The van der Waals surface area contributed by atoms with E-state index in [9.17, 15) is 4.79 Å². The van der Waals surface area contributed by atoms with Crippen LogP contribution < -0.4 is 10.9 Å². The predicted octanol–water partition coefficient (Wildman–Crippen LogP) is 3.56. The molecule has 0 saturated carbocycles. The Labute approximate surface area is 192 Å². The number of hydrogen-bond donors (Lipinski definition) is 2. The van der Waals surface area contributed by atoms with E-state index in [4.69, 9.17) is 11.6 Å². The van der Waals surface area contributed by atoms with Crippen LogP contribution in [0.1, 0.15) is 29.4 Å². The van der Waals surface area contributed by atoms with E-state index < -0.39 is 0 Å². The minimum atomic E-state index is 0. The fourth-order valence-electron chi connectivity index (χ4n) is 4.67. The Morgan fingerprint density at radius 1 is 1.20 bits per heavy atom. The van der Waals surface area contributed by atoms with Gasteiger partial charge in [0.15, 0.2) is 0 Å². The van der Waals surface area contributed by atoms with Crippen LogP contribution >= 0.6 is 36.4 Å². The SMILES string of the molecule is CN(Cc1nc2ccc(Cl)cc2[nH]1)Cc1ccc2n(c1=O)C[C@@H]1CNC[C@H]2C1.Cl.Cl. The number of aromatic nitrogens is 3. The van der Waals surface area contributed by atoms with Crippen molar-refractivity contribution in [1.82, 2.24) is 24.8 Å². The van der Waals surface area contributed by atoms with Crippen molar-refractivity contribution in [3.05, 3.63) is 62.8 Å². The van der Waals surface area contributed by atoms with Crippen LogP contribution in [0.5, 0.6) is 0 Å². The van der Waals surface area contributed by atoms with E-state index in [2.05, 4.69) is 26.3 Å². The summed E-state index contributed by atoms with van der Waals surface area (Å²) in [5.41, 5.74) is 4.04. The molecule has 3 aromatic rings.